The number of likely N-dealkylation sites (tertiary alicyclic amines) is 1. The van der Waals surface area contributed by atoms with Crippen molar-refractivity contribution >= 4 is 0 Å². The number of nitrogens with one attached hydrogen (secondary N) is 1. The first-order valence-electron chi connectivity index (χ1n) is 8.21. The molecule has 2 nitrogen and oxygen atoms in total. The first kappa shape index (κ1) is 14.3. The van der Waals surface area contributed by atoms with Gasteiger partial charge in [0.15, 0.2) is 0 Å². The van der Waals surface area contributed by atoms with Crippen molar-refractivity contribution in [2.45, 2.75) is 83.8 Å². The highest BCUT2D eigenvalue weighted by molar-refractivity contribution is 4.91. The molecule has 0 aromatic carbocycles. The number of likely N-dealkylation sites (N-methyl/N-ethyl adjacent to an activating group) is 1. The fourth-order valence-corrected chi connectivity index (χ4v) is 4.10. The molecule has 0 amide bonds. The lowest BCUT2D eigenvalue weighted by Gasteiger charge is -2.44. The quantitative estimate of drug-likeness (QED) is 0.774. The van der Waals surface area contributed by atoms with Gasteiger partial charge >= 0.3 is 0 Å². The number of rotatable bonds is 3. The van der Waals surface area contributed by atoms with Crippen LogP contribution in [0, 0.1) is 5.92 Å². The van der Waals surface area contributed by atoms with Crippen molar-refractivity contribution in [2.24, 2.45) is 5.92 Å². The van der Waals surface area contributed by atoms with E-state index in [-0.39, 0.29) is 0 Å². The molecule has 4 unspecified atom stereocenters. The third-order valence-electron chi connectivity index (χ3n) is 5.06. The molecule has 2 fully saturated rings. The average Bonchev–Trinajstić information content (AvgIpc) is 2.56. The summed E-state index contributed by atoms with van der Waals surface area (Å²) in [6.07, 6.45) is 9.90. The van der Waals surface area contributed by atoms with Gasteiger partial charge in [-0.1, -0.05) is 33.1 Å². The molecule has 0 spiro atoms. The zero-order valence-electron chi connectivity index (χ0n) is 12.6. The van der Waals surface area contributed by atoms with Gasteiger partial charge in [-0.15, -0.1) is 0 Å². The van der Waals surface area contributed by atoms with Gasteiger partial charge in [0, 0.05) is 18.1 Å². The van der Waals surface area contributed by atoms with Crippen LogP contribution in [0.4, 0.5) is 0 Å². The molecule has 1 heterocycles. The van der Waals surface area contributed by atoms with Crippen LogP contribution in [0.15, 0.2) is 0 Å². The molecule has 18 heavy (non-hydrogen) atoms. The van der Waals surface area contributed by atoms with E-state index in [1.807, 2.05) is 0 Å². The molecular weight excluding hydrogens is 220 g/mol. The highest BCUT2D eigenvalue weighted by atomic mass is 15.2. The van der Waals surface area contributed by atoms with Gasteiger partial charge in [-0.05, 0) is 51.6 Å². The summed E-state index contributed by atoms with van der Waals surface area (Å²) in [6.45, 7) is 9.57. The van der Waals surface area contributed by atoms with Gasteiger partial charge in [0.25, 0.3) is 0 Å². The summed E-state index contributed by atoms with van der Waals surface area (Å²) in [5, 5.41) is 3.76. The Morgan fingerprint density at radius 2 is 1.83 bits per heavy atom. The Hall–Kier alpha value is -0.0800. The maximum Gasteiger partial charge on any atom is 0.0252 e. The molecule has 2 heteroatoms. The average molecular weight is 252 g/mol. The second kappa shape index (κ2) is 6.91. The third kappa shape index (κ3) is 3.48. The van der Waals surface area contributed by atoms with E-state index in [1.54, 1.807) is 0 Å². The predicted molar refractivity (Wildman–Crippen MR) is 78.9 cm³/mol. The van der Waals surface area contributed by atoms with Gasteiger partial charge in [0.2, 0.25) is 0 Å². The lowest BCUT2D eigenvalue weighted by Crippen LogP contribution is -2.55. The monoisotopic (exact) mass is 252 g/mol. The molecule has 0 aromatic rings. The molecule has 1 aliphatic carbocycles. The minimum absolute atomic E-state index is 0.744. The number of piperidine rings is 1. The summed E-state index contributed by atoms with van der Waals surface area (Å²) < 4.78 is 0. The zero-order valence-corrected chi connectivity index (χ0v) is 12.6. The Bertz CT molecular complexity index is 241. The number of nitrogens with zero attached hydrogens (tertiary/aromatic N) is 1. The standard InChI is InChI=1S/C16H32N2/c1-4-17-15-8-6-5-7-9-16(15)18-11-10-13(2)12-14(18)3/h13-17H,4-12H2,1-3H3. The lowest BCUT2D eigenvalue weighted by atomic mass is 9.89. The Morgan fingerprint density at radius 3 is 2.56 bits per heavy atom. The third-order valence-corrected chi connectivity index (χ3v) is 5.06. The molecule has 0 bridgehead atoms. The van der Waals surface area contributed by atoms with Crippen LogP contribution in [-0.2, 0) is 0 Å². The topological polar surface area (TPSA) is 15.3 Å². The molecule has 2 rings (SSSR count). The van der Waals surface area contributed by atoms with Crippen molar-refractivity contribution in [3.63, 3.8) is 0 Å². The minimum Gasteiger partial charge on any atom is -0.313 e. The molecule has 1 saturated carbocycles. The van der Waals surface area contributed by atoms with E-state index in [1.165, 1.54) is 51.5 Å². The van der Waals surface area contributed by atoms with Crippen molar-refractivity contribution in [2.75, 3.05) is 13.1 Å². The number of hydrogen-bond acceptors (Lipinski definition) is 2. The van der Waals surface area contributed by atoms with Crippen molar-refractivity contribution in [1.82, 2.24) is 10.2 Å². The summed E-state index contributed by atoms with van der Waals surface area (Å²) in [4.78, 5) is 2.83. The molecule has 0 aromatic heterocycles. The Balaban J connectivity index is 2.02. The van der Waals surface area contributed by atoms with Gasteiger partial charge in [-0.25, -0.2) is 0 Å². The van der Waals surface area contributed by atoms with Gasteiger partial charge < -0.3 is 5.32 Å². The maximum atomic E-state index is 3.76. The van der Waals surface area contributed by atoms with Crippen LogP contribution in [-0.4, -0.2) is 36.1 Å². The second-order valence-corrected chi connectivity index (χ2v) is 6.59. The molecule has 1 N–H and O–H groups in total. The molecular formula is C16H32N2. The van der Waals surface area contributed by atoms with E-state index >= 15 is 0 Å². The summed E-state index contributed by atoms with van der Waals surface area (Å²) in [5.41, 5.74) is 0. The van der Waals surface area contributed by atoms with Crippen molar-refractivity contribution in [3.05, 3.63) is 0 Å². The summed E-state index contributed by atoms with van der Waals surface area (Å²) in [5.74, 6) is 0.930. The second-order valence-electron chi connectivity index (χ2n) is 6.59. The Morgan fingerprint density at radius 1 is 1.06 bits per heavy atom. The first-order valence-corrected chi connectivity index (χ1v) is 8.21. The van der Waals surface area contributed by atoms with E-state index in [2.05, 4.69) is 31.0 Å². The molecule has 1 aliphatic heterocycles. The lowest BCUT2D eigenvalue weighted by molar-refractivity contribution is 0.0581. The fourth-order valence-electron chi connectivity index (χ4n) is 4.10. The molecule has 2 aliphatic rings. The van der Waals surface area contributed by atoms with Crippen molar-refractivity contribution in [1.29, 1.82) is 0 Å². The van der Waals surface area contributed by atoms with E-state index in [0.29, 0.717) is 0 Å². The highest BCUT2D eigenvalue weighted by Gasteiger charge is 2.33. The van der Waals surface area contributed by atoms with Gasteiger partial charge in [0.05, 0.1) is 0 Å². The van der Waals surface area contributed by atoms with Crippen LogP contribution in [0.25, 0.3) is 0 Å². The fraction of sp³-hybridized carbons (Fsp3) is 1.00. The minimum atomic E-state index is 0.744. The highest BCUT2D eigenvalue weighted by Crippen LogP contribution is 2.30. The summed E-state index contributed by atoms with van der Waals surface area (Å²) in [6, 6.07) is 2.33. The van der Waals surface area contributed by atoms with Gasteiger partial charge in [-0.2, -0.15) is 0 Å². The number of hydrogen-bond donors (Lipinski definition) is 1. The summed E-state index contributed by atoms with van der Waals surface area (Å²) >= 11 is 0. The van der Waals surface area contributed by atoms with Crippen LogP contribution in [0.2, 0.25) is 0 Å². The smallest absolute Gasteiger partial charge is 0.0252 e. The van der Waals surface area contributed by atoms with Crippen LogP contribution < -0.4 is 5.32 Å². The van der Waals surface area contributed by atoms with Gasteiger partial charge in [-0.3, -0.25) is 4.90 Å². The molecule has 1 saturated heterocycles. The first-order chi connectivity index (χ1) is 8.72. The zero-order chi connectivity index (χ0) is 13.0. The van der Waals surface area contributed by atoms with E-state index in [9.17, 15) is 0 Å². The van der Waals surface area contributed by atoms with E-state index in [4.69, 9.17) is 0 Å². The van der Waals surface area contributed by atoms with Gasteiger partial charge in [0.1, 0.15) is 0 Å². The van der Waals surface area contributed by atoms with Crippen LogP contribution in [0.3, 0.4) is 0 Å². The van der Waals surface area contributed by atoms with Crippen LogP contribution >= 0.6 is 0 Å². The normalized spacial score (nSPS) is 39.5. The Labute approximate surface area is 114 Å². The van der Waals surface area contributed by atoms with Crippen molar-refractivity contribution < 1.29 is 0 Å². The van der Waals surface area contributed by atoms with E-state index < -0.39 is 0 Å². The molecule has 106 valence electrons. The molecule has 4 atom stereocenters. The Kier molecular flexibility index (Phi) is 5.50. The van der Waals surface area contributed by atoms with Crippen molar-refractivity contribution in [3.8, 4) is 0 Å². The predicted octanol–water partition coefficient (Wildman–Crippen LogP) is 3.42. The maximum absolute atomic E-state index is 3.76. The largest absolute Gasteiger partial charge is 0.313 e. The SMILES string of the molecule is CCNC1CCCCCC1N1CCC(C)CC1C. The molecule has 0 radical (unpaired) electrons. The van der Waals surface area contributed by atoms with E-state index in [0.717, 1.165) is 30.6 Å². The van der Waals surface area contributed by atoms with Crippen LogP contribution in [0.5, 0.6) is 0 Å². The summed E-state index contributed by atoms with van der Waals surface area (Å²) in [7, 11) is 0. The van der Waals surface area contributed by atoms with Crippen LogP contribution in [0.1, 0.15) is 65.7 Å².